The Morgan fingerprint density at radius 3 is 2.92 bits per heavy atom. The van der Waals surface area contributed by atoms with Crippen LogP contribution in [0.2, 0.25) is 0 Å². The van der Waals surface area contributed by atoms with Crippen molar-refractivity contribution < 1.29 is 5.11 Å². The molecule has 12 heavy (non-hydrogen) atoms. The maximum Gasteiger partial charge on any atom is 0.0555 e. The van der Waals surface area contributed by atoms with Crippen molar-refractivity contribution in [2.24, 2.45) is 0 Å². The Morgan fingerprint density at radius 1 is 1.50 bits per heavy atom. The molecule has 1 aromatic rings. The number of hydrogen-bond acceptors (Lipinski definition) is 3. The predicted octanol–water partition coefficient (Wildman–Crippen LogP) is 1.18. The average Bonchev–Trinajstić information content (AvgIpc) is 2.46. The summed E-state index contributed by atoms with van der Waals surface area (Å²) in [6.45, 7) is 4.02. The summed E-state index contributed by atoms with van der Waals surface area (Å²) in [6, 6.07) is 2.14. The molecule has 68 valence electrons. The normalized spacial score (nSPS) is 10.5. The molecule has 0 aromatic carbocycles. The van der Waals surface area contributed by atoms with Crippen LogP contribution in [-0.4, -0.2) is 24.8 Å². The number of aryl methyl sites for hydroxylation is 1. The lowest BCUT2D eigenvalue weighted by atomic mass is 10.2. The van der Waals surface area contributed by atoms with E-state index in [9.17, 15) is 0 Å². The Kier molecular flexibility index (Phi) is 4.29. The Bertz CT molecular complexity index is 222. The van der Waals surface area contributed by atoms with Crippen molar-refractivity contribution in [1.82, 2.24) is 5.32 Å². The second kappa shape index (κ2) is 5.30. The summed E-state index contributed by atoms with van der Waals surface area (Å²) in [7, 11) is 0. The second-order valence-electron chi connectivity index (χ2n) is 2.75. The van der Waals surface area contributed by atoms with Gasteiger partial charge in [-0.2, -0.15) is 0 Å². The third-order valence-corrected chi connectivity index (χ3v) is 2.87. The number of nitrogens with one attached hydrogen (secondary N) is 1. The molecular weight excluding hydrogens is 170 g/mol. The number of thiophene rings is 1. The van der Waals surface area contributed by atoms with Crippen molar-refractivity contribution >= 4 is 11.3 Å². The fraction of sp³-hybridized carbons (Fsp3) is 0.556. The topological polar surface area (TPSA) is 32.3 Å². The van der Waals surface area contributed by atoms with Crippen LogP contribution in [0.3, 0.4) is 0 Å². The minimum Gasteiger partial charge on any atom is -0.395 e. The van der Waals surface area contributed by atoms with Gasteiger partial charge in [-0.3, -0.25) is 0 Å². The molecule has 0 unspecified atom stereocenters. The molecular formula is C9H15NOS. The molecule has 0 aliphatic rings. The summed E-state index contributed by atoms with van der Waals surface area (Å²) >= 11 is 1.81. The van der Waals surface area contributed by atoms with Crippen LogP contribution in [0.4, 0.5) is 0 Å². The molecule has 0 bridgehead atoms. The standard InChI is InChI=1S/C9H15NOS/c1-8-3-7-12-9(8)2-4-10-5-6-11/h3,7,10-11H,2,4-6H2,1H3. The van der Waals surface area contributed by atoms with E-state index in [1.54, 1.807) is 11.3 Å². The van der Waals surface area contributed by atoms with Crippen LogP contribution in [0.25, 0.3) is 0 Å². The first-order valence-electron chi connectivity index (χ1n) is 4.19. The van der Waals surface area contributed by atoms with E-state index in [1.807, 2.05) is 0 Å². The summed E-state index contributed by atoms with van der Waals surface area (Å²) in [4.78, 5) is 1.44. The quantitative estimate of drug-likeness (QED) is 0.675. The fourth-order valence-corrected chi connectivity index (χ4v) is 1.98. The van der Waals surface area contributed by atoms with Gasteiger partial charge in [-0.05, 0) is 30.4 Å². The largest absolute Gasteiger partial charge is 0.395 e. The minimum atomic E-state index is 0.226. The van der Waals surface area contributed by atoms with Gasteiger partial charge in [0.05, 0.1) is 6.61 Å². The van der Waals surface area contributed by atoms with Crippen molar-refractivity contribution in [2.45, 2.75) is 13.3 Å². The molecule has 2 nitrogen and oxygen atoms in total. The van der Waals surface area contributed by atoms with Gasteiger partial charge in [0.2, 0.25) is 0 Å². The summed E-state index contributed by atoms with van der Waals surface area (Å²) < 4.78 is 0. The van der Waals surface area contributed by atoms with Crippen molar-refractivity contribution in [1.29, 1.82) is 0 Å². The van der Waals surface area contributed by atoms with E-state index >= 15 is 0 Å². The molecule has 1 heterocycles. The minimum absolute atomic E-state index is 0.226. The summed E-state index contributed by atoms with van der Waals surface area (Å²) in [6.07, 6.45) is 1.07. The zero-order chi connectivity index (χ0) is 8.81. The van der Waals surface area contributed by atoms with Crippen molar-refractivity contribution in [3.05, 3.63) is 21.9 Å². The van der Waals surface area contributed by atoms with Gasteiger partial charge in [0, 0.05) is 18.0 Å². The van der Waals surface area contributed by atoms with Crippen molar-refractivity contribution in [2.75, 3.05) is 19.7 Å². The zero-order valence-electron chi connectivity index (χ0n) is 7.34. The number of hydrogen-bond donors (Lipinski definition) is 2. The van der Waals surface area contributed by atoms with Gasteiger partial charge in [-0.25, -0.2) is 0 Å². The number of aliphatic hydroxyl groups excluding tert-OH is 1. The van der Waals surface area contributed by atoms with E-state index in [2.05, 4.69) is 23.7 Å². The van der Waals surface area contributed by atoms with Gasteiger partial charge >= 0.3 is 0 Å². The van der Waals surface area contributed by atoms with E-state index < -0.39 is 0 Å². The van der Waals surface area contributed by atoms with E-state index in [0.717, 1.165) is 13.0 Å². The molecule has 0 aliphatic carbocycles. The Balaban J connectivity index is 2.20. The van der Waals surface area contributed by atoms with E-state index in [0.29, 0.717) is 6.54 Å². The van der Waals surface area contributed by atoms with E-state index in [-0.39, 0.29) is 6.61 Å². The number of rotatable bonds is 5. The van der Waals surface area contributed by atoms with Crippen LogP contribution in [0, 0.1) is 6.92 Å². The molecule has 0 spiro atoms. The molecule has 0 atom stereocenters. The maximum absolute atomic E-state index is 8.52. The van der Waals surface area contributed by atoms with Crippen LogP contribution in [0.1, 0.15) is 10.4 Å². The highest BCUT2D eigenvalue weighted by Gasteiger charge is 1.97. The highest BCUT2D eigenvalue weighted by molar-refractivity contribution is 7.10. The highest BCUT2D eigenvalue weighted by atomic mass is 32.1. The molecule has 1 rings (SSSR count). The van der Waals surface area contributed by atoms with Crippen molar-refractivity contribution in [3.8, 4) is 0 Å². The van der Waals surface area contributed by atoms with Crippen LogP contribution in [0.15, 0.2) is 11.4 Å². The van der Waals surface area contributed by atoms with Gasteiger partial charge in [-0.15, -0.1) is 11.3 Å². The first-order valence-corrected chi connectivity index (χ1v) is 5.07. The highest BCUT2D eigenvalue weighted by Crippen LogP contribution is 2.15. The molecule has 0 aliphatic heterocycles. The molecule has 0 saturated heterocycles. The van der Waals surface area contributed by atoms with Crippen LogP contribution >= 0.6 is 11.3 Å². The molecule has 0 amide bonds. The lowest BCUT2D eigenvalue weighted by Gasteiger charge is -2.01. The number of aliphatic hydroxyl groups is 1. The Labute approximate surface area is 77.2 Å². The third kappa shape index (κ3) is 2.93. The molecule has 2 N–H and O–H groups in total. The average molecular weight is 185 g/mol. The summed E-state index contributed by atoms with van der Waals surface area (Å²) in [5.74, 6) is 0. The Morgan fingerprint density at radius 2 is 2.33 bits per heavy atom. The van der Waals surface area contributed by atoms with Gasteiger partial charge in [0.25, 0.3) is 0 Å². The first-order chi connectivity index (χ1) is 5.84. The molecule has 0 fully saturated rings. The zero-order valence-corrected chi connectivity index (χ0v) is 8.16. The second-order valence-corrected chi connectivity index (χ2v) is 3.75. The monoisotopic (exact) mass is 185 g/mol. The molecule has 3 heteroatoms. The van der Waals surface area contributed by atoms with Crippen LogP contribution < -0.4 is 5.32 Å². The van der Waals surface area contributed by atoms with Crippen molar-refractivity contribution in [3.63, 3.8) is 0 Å². The van der Waals surface area contributed by atoms with Crippen LogP contribution in [0.5, 0.6) is 0 Å². The fourth-order valence-electron chi connectivity index (χ4n) is 1.07. The summed E-state index contributed by atoms with van der Waals surface area (Å²) in [5.41, 5.74) is 1.38. The van der Waals surface area contributed by atoms with E-state index in [1.165, 1.54) is 10.4 Å². The molecule has 0 radical (unpaired) electrons. The first kappa shape index (κ1) is 9.71. The summed E-state index contributed by atoms with van der Waals surface area (Å²) in [5, 5.41) is 13.8. The van der Waals surface area contributed by atoms with Crippen LogP contribution in [-0.2, 0) is 6.42 Å². The Hall–Kier alpha value is -0.380. The lowest BCUT2D eigenvalue weighted by molar-refractivity contribution is 0.293. The third-order valence-electron chi connectivity index (χ3n) is 1.79. The van der Waals surface area contributed by atoms with Gasteiger partial charge in [-0.1, -0.05) is 0 Å². The molecule has 0 saturated carbocycles. The van der Waals surface area contributed by atoms with Gasteiger partial charge < -0.3 is 10.4 Å². The molecule has 1 aromatic heterocycles. The van der Waals surface area contributed by atoms with Gasteiger partial charge in [0.1, 0.15) is 0 Å². The lowest BCUT2D eigenvalue weighted by Crippen LogP contribution is -2.20. The SMILES string of the molecule is Cc1ccsc1CCNCCO. The van der Waals surface area contributed by atoms with Gasteiger partial charge in [0.15, 0.2) is 0 Å². The predicted molar refractivity (Wildman–Crippen MR) is 52.7 cm³/mol. The smallest absolute Gasteiger partial charge is 0.0555 e. The maximum atomic E-state index is 8.52. The van der Waals surface area contributed by atoms with E-state index in [4.69, 9.17) is 5.11 Å².